The zero-order valence-corrected chi connectivity index (χ0v) is 23.1. The van der Waals surface area contributed by atoms with Gasteiger partial charge in [0, 0.05) is 26.4 Å². The Bertz CT molecular complexity index is 1360. The van der Waals surface area contributed by atoms with E-state index in [1.807, 2.05) is 25.2 Å². The normalized spacial score (nSPS) is 15.3. The van der Waals surface area contributed by atoms with Gasteiger partial charge in [-0.1, -0.05) is 69.3 Å². The zero-order valence-electron chi connectivity index (χ0n) is 23.1. The molecule has 0 saturated heterocycles. The number of fused-ring (bicyclic) bond motifs is 1. The van der Waals surface area contributed by atoms with Gasteiger partial charge in [0.05, 0.1) is 5.41 Å². The summed E-state index contributed by atoms with van der Waals surface area (Å²) in [4.78, 5) is 27.8. The van der Waals surface area contributed by atoms with E-state index >= 15 is 0 Å². The van der Waals surface area contributed by atoms with Crippen molar-refractivity contribution < 1.29 is 19.1 Å². The smallest absolute Gasteiger partial charge is 0.231 e. The van der Waals surface area contributed by atoms with Crippen LogP contribution in [0.1, 0.15) is 62.3 Å². The topological polar surface area (TPSA) is 55.8 Å². The second kappa shape index (κ2) is 9.94. The zero-order chi connectivity index (χ0) is 27.1. The predicted octanol–water partition coefficient (Wildman–Crippen LogP) is 6.63. The van der Waals surface area contributed by atoms with Gasteiger partial charge < -0.3 is 14.4 Å². The number of ether oxygens (including phenoxy) is 2. The lowest BCUT2D eigenvalue weighted by atomic mass is 9.87. The van der Waals surface area contributed by atoms with Crippen molar-refractivity contribution in [3.05, 3.63) is 82.9 Å². The van der Waals surface area contributed by atoms with Gasteiger partial charge in [0.2, 0.25) is 12.7 Å². The number of carbonyl (C=O) groups is 2. The maximum absolute atomic E-state index is 13.5. The fourth-order valence-electron chi connectivity index (χ4n) is 5.23. The molecule has 0 atom stereocenters. The maximum Gasteiger partial charge on any atom is 0.231 e. The lowest BCUT2D eigenvalue weighted by molar-refractivity contribution is -0.132. The van der Waals surface area contributed by atoms with Crippen molar-refractivity contribution >= 4 is 11.7 Å². The van der Waals surface area contributed by atoms with Crippen molar-refractivity contribution in [2.45, 2.75) is 65.3 Å². The molecule has 0 radical (unpaired) electrons. The summed E-state index contributed by atoms with van der Waals surface area (Å²) in [5, 5.41) is 0. The van der Waals surface area contributed by atoms with Gasteiger partial charge in [-0.25, -0.2) is 0 Å². The molecule has 2 aliphatic rings. The Morgan fingerprint density at radius 2 is 1.58 bits per heavy atom. The molecule has 198 valence electrons. The number of carbonyl (C=O) groups excluding carboxylic acids is 2. The minimum atomic E-state index is -0.413. The van der Waals surface area contributed by atoms with Crippen LogP contribution in [0.25, 0.3) is 11.1 Å². The van der Waals surface area contributed by atoms with Gasteiger partial charge in [-0.05, 0) is 70.7 Å². The molecular formula is C33H37NO4. The number of ketones is 1. The van der Waals surface area contributed by atoms with E-state index in [2.05, 4.69) is 70.2 Å². The molecule has 1 fully saturated rings. The third-order valence-corrected chi connectivity index (χ3v) is 7.67. The molecule has 5 rings (SSSR count). The van der Waals surface area contributed by atoms with Crippen LogP contribution in [0.2, 0.25) is 0 Å². The van der Waals surface area contributed by atoms with Gasteiger partial charge in [0.1, 0.15) is 5.78 Å². The first-order valence-electron chi connectivity index (χ1n) is 13.4. The highest BCUT2D eigenvalue weighted by atomic mass is 16.7. The summed E-state index contributed by atoms with van der Waals surface area (Å²) >= 11 is 0. The minimum absolute atomic E-state index is 0.0250. The van der Waals surface area contributed by atoms with E-state index in [0.29, 0.717) is 19.4 Å². The van der Waals surface area contributed by atoms with Gasteiger partial charge in [0.15, 0.2) is 11.5 Å². The molecule has 1 aliphatic carbocycles. The van der Waals surface area contributed by atoms with Gasteiger partial charge >= 0.3 is 0 Å². The Kier molecular flexibility index (Phi) is 6.81. The van der Waals surface area contributed by atoms with Crippen molar-refractivity contribution in [3.8, 4) is 22.6 Å². The molecule has 38 heavy (non-hydrogen) atoms. The molecule has 1 amide bonds. The minimum Gasteiger partial charge on any atom is -0.454 e. The van der Waals surface area contributed by atoms with Crippen LogP contribution >= 0.6 is 0 Å². The molecule has 3 aromatic rings. The molecule has 0 bridgehead atoms. The van der Waals surface area contributed by atoms with E-state index < -0.39 is 5.41 Å². The summed E-state index contributed by atoms with van der Waals surface area (Å²) in [6.07, 6.45) is 2.68. The van der Waals surface area contributed by atoms with Crippen LogP contribution in [0.3, 0.4) is 0 Å². The third kappa shape index (κ3) is 5.47. The summed E-state index contributed by atoms with van der Waals surface area (Å²) in [7, 11) is 1.86. The monoisotopic (exact) mass is 511 g/mol. The molecular weight excluding hydrogens is 474 g/mol. The number of Topliss-reactive ketones (excluding diaryl/α,β-unsaturated/α-hetero) is 1. The molecule has 1 heterocycles. The number of aryl methyl sites for hydroxylation is 1. The van der Waals surface area contributed by atoms with E-state index in [0.717, 1.165) is 52.2 Å². The molecule has 5 heteroatoms. The van der Waals surface area contributed by atoms with Gasteiger partial charge in [-0.3, -0.25) is 9.59 Å². The van der Waals surface area contributed by atoms with Crippen LogP contribution in [-0.2, 0) is 28.0 Å². The summed E-state index contributed by atoms with van der Waals surface area (Å²) in [5.74, 6) is 1.88. The second-order valence-electron chi connectivity index (χ2n) is 12.1. The lowest BCUT2D eigenvalue weighted by Gasteiger charge is -2.23. The van der Waals surface area contributed by atoms with Crippen LogP contribution in [0.15, 0.2) is 60.7 Å². The number of benzene rings is 3. The molecule has 0 spiro atoms. The van der Waals surface area contributed by atoms with Crippen molar-refractivity contribution in [1.29, 1.82) is 0 Å². The number of nitrogens with zero attached hydrogens (tertiary/aromatic N) is 1. The second-order valence-corrected chi connectivity index (χ2v) is 12.1. The predicted molar refractivity (Wildman–Crippen MR) is 149 cm³/mol. The Morgan fingerprint density at radius 3 is 2.26 bits per heavy atom. The molecule has 0 aromatic heterocycles. The fraction of sp³-hybridized carbons (Fsp3) is 0.394. The maximum atomic E-state index is 13.5. The number of rotatable bonds is 8. The van der Waals surface area contributed by atoms with Crippen molar-refractivity contribution in [2.75, 3.05) is 13.8 Å². The number of amides is 1. The molecule has 3 aromatic carbocycles. The quantitative estimate of drug-likeness (QED) is 0.341. The van der Waals surface area contributed by atoms with Crippen LogP contribution in [0.5, 0.6) is 11.5 Å². The van der Waals surface area contributed by atoms with E-state index in [-0.39, 0.29) is 23.9 Å². The Hall–Kier alpha value is -3.60. The molecule has 0 unspecified atom stereocenters. The molecule has 1 aliphatic heterocycles. The fourth-order valence-corrected chi connectivity index (χ4v) is 5.23. The van der Waals surface area contributed by atoms with E-state index in [1.54, 1.807) is 4.90 Å². The standard InChI is InChI=1S/C33H37NO4/c1-22-6-7-24(17-30(35)33(14-15-33)26-12-13-28-29(18-26)38-21-37-28)16-27(22)25-10-8-23(9-11-25)20-34(5)31(36)19-32(2,3)4/h6-13,16,18H,14-15,17,19-21H2,1-5H3. The largest absolute Gasteiger partial charge is 0.454 e. The first-order chi connectivity index (χ1) is 18.0. The first-order valence-corrected chi connectivity index (χ1v) is 13.4. The summed E-state index contributed by atoms with van der Waals surface area (Å²) in [6, 6.07) is 20.6. The average molecular weight is 512 g/mol. The van der Waals surface area contributed by atoms with Gasteiger partial charge in [0.25, 0.3) is 0 Å². The van der Waals surface area contributed by atoms with Crippen LogP contribution in [0, 0.1) is 12.3 Å². The van der Waals surface area contributed by atoms with E-state index in [4.69, 9.17) is 9.47 Å². The van der Waals surface area contributed by atoms with Crippen LogP contribution in [-0.4, -0.2) is 30.4 Å². The number of hydrogen-bond acceptors (Lipinski definition) is 4. The van der Waals surface area contributed by atoms with Gasteiger partial charge in [-0.2, -0.15) is 0 Å². The highest BCUT2D eigenvalue weighted by Crippen LogP contribution is 2.51. The van der Waals surface area contributed by atoms with Crippen molar-refractivity contribution in [2.24, 2.45) is 5.41 Å². The third-order valence-electron chi connectivity index (χ3n) is 7.67. The Balaban J connectivity index is 1.28. The molecule has 5 nitrogen and oxygen atoms in total. The molecule has 0 N–H and O–H groups in total. The van der Waals surface area contributed by atoms with Crippen LogP contribution in [0.4, 0.5) is 0 Å². The van der Waals surface area contributed by atoms with Gasteiger partial charge in [-0.15, -0.1) is 0 Å². The first kappa shape index (κ1) is 26.0. The Morgan fingerprint density at radius 1 is 0.895 bits per heavy atom. The summed E-state index contributed by atoms with van der Waals surface area (Å²) in [6.45, 7) is 9.17. The molecule has 1 saturated carbocycles. The summed E-state index contributed by atoms with van der Waals surface area (Å²) in [5.41, 5.74) is 6.13. The highest BCUT2D eigenvalue weighted by Gasteiger charge is 2.50. The SMILES string of the molecule is Cc1ccc(CC(=O)C2(c3ccc4c(c3)OCO4)CC2)cc1-c1ccc(CN(C)C(=O)CC(C)(C)C)cc1. The summed E-state index contributed by atoms with van der Waals surface area (Å²) < 4.78 is 11.0. The van der Waals surface area contributed by atoms with Crippen LogP contribution < -0.4 is 9.47 Å². The van der Waals surface area contributed by atoms with E-state index in [9.17, 15) is 9.59 Å². The van der Waals surface area contributed by atoms with Crippen molar-refractivity contribution in [1.82, 2.24) is 4.90 Å². The number of hydrogen-bond donors (Lipinski definition) is 0. The van der Waals surface area contributed by atoms with Crippen molar-refractivity contribution in [3.63, 3.8) is 0 Å². The Labute approximate surface area is 225 Å². The highest BCUT2D eigenvalue weighted by molar-refractivity contribution is 5.95. The van der Waals surface area contributed by atoms with E-state index in [1.165, 1.54) is 5.56 Å². The lowest BCUT2D eigenvalue weighted by Crippen LogP contribution is -2.29. The average Bonchev–Trinajstić information content (AvgIpc) is 3.55.